The highest BCUT2D eigenvalue weighted by atomic mass is 19.1. The van der Waals surface area contributed by atoms with Crippen LogP contribution < -0.4 is 4.90 Å². The van der Waals surface area contributed by atoms with Crippen LogP contribution in [0.2, 0.25) is 0 Å². The zero-order chi connectivity index (χ0) is 13.2. The van der Waals surface area contributed by atoms with Gasteiger partial charge in [-0.25, -0.2) is 4.39 Å². The summed E-state index contributed by atoms with van der Waals surface area (Å²) in [7, 11) is 0. The summed E-state index contributed by atoms with van der Waals surface area (Å²) in [5, 5.41) is 8.88. The lowest BCUT2D eigenvalue weighted by Crippen LogP contribution is -2.40. The van der Waals surface area contributed by atoms with E-state index in [2.05, 4.69) is 0 Å². The van der Waals surface area contributed by atoms with Crippen LogP contribution in [0.4, 0.5) is 10.1 Å². The molecule has 0 saturated carbocycles. The van der Waals surface area contributed by atoms with Crippen molar-refractivity contribution in [3.63, 3.8) is 0 Å². The molecule has 1 aliphatic heterocycles. The van der Waals surface area contributed by atoms with Crippen molar-refractivity contribution in [1.82, 2.24) is 0 Å². The molecule has 0 spiro atoms. The van der Waals surface area contributed by atoms with Gasteiger partial charge in [-0.3, -0.25) is 4.79 Å². The van der Waals surface area contributed by atoms with Crippen LogP contribution >= 0.6 is 0 Å². The van der Waals surface area contributed by atoms with Crippen LogP contribution in [-0.4, -0.2) is 24.2 Å². The Bertz CT molecular complexity index is 439. The fourth-order valence-corrected chi connectivity index (χ4v) is 2.54. The molecular formula is C14H18FNO2. The zero-order valence-electron chi connectivity index (χ0n) is 10.5. The van der Waals surface area contributed by atoms with Crippen molar-refractivity contribution in [2.75, 3.05) is 18.0 Å². The third-order valence-electron chi connectivity index (χ3n) is 3.74. The smallest absolute Gasteiger partial charge is 0.303 e. The summed E-state index contributed by atoms with van der Waals surface area (Å²) in [6.07, 6.45) is 1.76. The summed E-state index contributed by atoms with van der Waals surface area (Å²) in [5.74, 6) is -0.962. The van der Waals surface area contributed by atoms with Crippen molar-refractivity contribution in [2.24, 2.45) is 5.41 Å². The Morgan fingerprint density at radius 2 is 2.00 bits per heavy atom. The van der Waals surface area contributed by atoms with Gasteiger partial charge in [-0.2, -0.15) is 0 Å². The van der Waals surface area contributed by atoms with Gasteiger partial charge in [-0.1, -0.05) is 19.1 Å². The van der Waals surface area contributed by atoms with Crippen molar-refractivity contribution in [3.05, 3.63) is 30.1 Å². The van der Waals surface area contributed by atoms with Gasteiger partial charge >= 0.3 is 5.97 Å². The van der Waals surface area contributed by atoms with Gasteiger partial charge in [0, 0.05) is 13.1 Å². The predicted molar refractivity (Wildman–Crippen MR) is 68.2 cm³/mol. The quantitative estimate of drug-likeness (QED) is 0.898. The first-order valence-corrected chi connectivity index (χ1v) is 6.21. The molecule has 0 atom stereocenters. The molecule has 1 aromatic rings. The maximum absolute atomic E-state index is 13.6. The molecule has 18 heavy (non-hydrogen) atoms. The lowest BCUT2D eigenvalue weighted by molar-refractivity contribution is -0.139. The number of carboxylic acid groups (broad SMARTS) is 1. The Morgan fingerprint density at radius 3 is 2.56 bits per heavy atom. The van der Waals surface area contributed by atoms with Gasteiger partial charge in [-0.05, 0) is 30.4 Å². The van der Waals surface area contributed by atoms with Crippen molar-refractivity contribution in [2.45, 2.75) is 26.2 Å². The Balaban J connectivity index is 2.03. The highest BCUT2D eigenvalue weighted by molar-refractivity contribution is 5.67. The standard InChI is InChI=1S/C14H18FNO2/c1-14(10-13(17)18)6-8-16(9-7-14)12-5-3-2-4-11(12)15/h2-5H,6-10H2,1H3,(H,17,18). The predicted octanol–water partition coefficient (Wildman–Crippen LogP) is 2.91. The first-order valence-electron chi connectivity index (χ1n) is 6.21. The number of anilines is 1. The molecule has 1 saturated heterocycles. The van der Waals surface area contributed by atoms with Gasteiger partial charge < -0.3 is 10.0 Å². The number of carbonyl (C=O) groups is 1. The fourth-order valence-electron chi connectivity index (χ4n) is 2.54. The molecule has 2 rings (SSSR count). The second kappa shape index (κ2) is 4.96. The number of nitrogens with zero attached hydrogens (tertiary/aromatic N) is 1. The molecule has 0 radical (unpaired) electrons. The molecule has 1 aliphatic rings. The maximum Gasteiger partial charge on any atom is 0.303 e. The largest absolute Gasteiger partial charge is 0.481 e. The van der Waals surface area contributed by atoms with Gasteiger partial charge in [0.2, 0.25) is 0 Å². The maximum atomic E-state index is 13.6. The third-order valence-corrected chi connectivity index (χ3v) is 3.74. The Labute approximate surface area is 106 Å². The Hall–Kier alpha value is -1.58. The molecule has 1 fully saturated rings. The van der Waals surface area contributed by atoms with E-state index < -0.39 is 5.97 Å². The van der Waals surface area contributed by atoms with E-state index in [-0.39, 0.29) is 17.7 Å². The molecule has 0 amide bonds. The highest BCUT2D eigenvalue weighted by Crippen LogP contribution is 2.36. The molecule has 0 unspecified atom stereocenters. The zero-order valence-corrected chi connectivity index (χ0v) is 10.5. The summed E-state index contributed by atoms with van der Waals surface area (Å²) >= 11 is 0. The van der Waals surface area contributed by atoms with Crippen LogP contribution in [0.1, 0.15) is 26.2 Å². The van der Waals surface area contributed by atoms with Crippen molar-refractivity contribution >= 4 is 11.7 Å². The van der Waals surface area contributed by atoms with Gasteiger partial charge in [-0.15, -0.1) is 0 Å². The number of hydrogen-bond acceptors (Lipinski definition) is 2. The molecule has 0 aromatic heterocycles. The summed E-state index contributed by atoms with van der Waals surface area (Å²) in [4.78, 5) is 12.8. The number of benzene rings is 1. The van der Waals surface area contributed by atoms with Gasteiger partial charge in [0.15, 0.2) is 0 Å². The first-order chi connectivity index (χ1) is 8.50. The van der Waals surface area contributed by atoms with E-state index in [1.54, 1.807) is 12.1 Å². The molecule has 0 bridgehead atoms. The molecule has 1 N–H and O–H groups in total. The van der Waals surface area contributed by atoms with Gasteiger partial charge in [0.25, 0.3) is 0 Å². The molecule has 4 heteroatoms. The van der Waals surface area contributed by atoms with E-state index >= 15 is 0 Å². The molecular weight excluding hydrogens is 233 g/mol. The number of para-hydroxylation sites is 1. The number of halogens is 1. The van der Waals surface area contributed by atoms with Crippen LogP contribution in [-0.2, 0) is 4.79 Å². The molecule has 1 heterocycles. The van der Waals surface area contributed by atoms with Crippen molar-refractivity contribution in [3.8, 4) is 0 Å². The number of hydrogen-bond donors (Lipinski definition) is 1. The van der Waals surface area contributed by atoms with E-state index in [9.17, 15) is 9.18 Å². The molecule has 0 aliphatic carbocycles. The van der Waals surface area contributed by atoms with E-state index in [1.807, 2.05) is 17.9 Å². The average Bonchev–Trinajstić information content (AvgIpc) is 2.30. The Kier molecular flexibility index (Phi) is 3.55. The highest BCUT2D eigenvalue weighted by Gasteiger charge is 2.32. The molecule has 98 valence electrons. The molecule has 3 nitrogen and oxygen atoms in total. The van der Waals surface area contributed by atoms with Gasteiger partial charge in [0.05, 0.1) is 12.1 Å². The van der Waals surface area contributed by atoms with Crippen molar-refractivity contribution in [1.29, 1.82) is 0 Å². The monoisotopic (exact) mass is 251 g/mol. The number of piperidine rings is 1. The SMILES string of the molecule is CC1(CC(=O)O)CCN(c2ccccc2F)CC1. The normalized spacial score (nSPS) is 18.7. The topological polar surface area (TPSA) is 40.5 Å². The second-order valence-electron chi connectivity index (χ2n) is 5.32. The third kappa shape index (κ3) is 2.81. The van der Waals surface area contributed by atoms with Gasteiger partial charge in [0.1, 0.15) is 5.82 Å². The second-order valence-corrected chi connectivity index (χ2v) is 5.32. The van der Waals surface area contributed by atoms with E-state index in [0.717, 1.165) is 12.8 Å². The van der Waals surface area contributed by atoms with E-state index in [4.69, 9.17) is 5.11 Å². The van der Waals surface area contributed by atoms with Crippen LogP contribution in [0.25, 0.3) is 0 Å². The number of aliphatic carboxylic acids is 1. The van der Waals surface area contributed by atoms with Crippen molar-refractivity contribution < 1.29 is 14.3 Å². The van der Waals surface area contributed by atoms with Crippen LogP contribution in [0.3, 0.4) is 0 Å². The average molecular weight is 251 g/mol. The Morgan fingerprint density at radius 1 is 1.39 bits per heavy atom. The minimum absolute atomic E-state index is 0.159. The minimum Gasteiger partial charge on any atom is -0.481 e. The van der Waals surface area contributed by atoms with E-state index in [1.165, 1.54) is 6.07 Å². The first kappa shape index (κ1) is 12.9. The van der Waals surface area contributed by atoms with Crippen LogP contribution in [0.15, 0.2) is 24.3 Å². The summed E-state index contributed by atoms with van der Waals surface area (Å²) in [5.41, 5.74) is 0.461. The van der Waals surface area contributed by atoms with E-state index in [0.29, 0.717) is 18.8 Å². The van der Waals surface area contributed by atoms with Crippen LogP contribution in [0, 0.1) is 11.2 Å². The minimum atomic E-state index is -0.753. The summed E-state index contributed by atoms with van der Waals surface area (Å²) in [6.45, 7) is 3.43. The molecule has 1 aromatic carbocycles. The summed E-state index contributed by atoms with van der Waals surface area (Å²) in [6, 6.07) is 6.73. The summed E-state index contributed by atoms with van der Waals surface area (Å²) < 4.78 is 13.6. The fraction of sp³-hybridized carbons (Fsp3) is 0.500. The lowest BCUT2D eigenvalue weighted by atomic mass is 9.77. The van der Waals surface area contributed by atoms with Crippen LogP contribution in [0.5, 0.6) is 0 Å². The lowest BCUT2D eigenvalue weighted by Gasteiger charge is -2.39. The number of carboxylic acids is 1. The number of rotatable bonds is 3.